The van der Waals surface area contributed by atoms with Crippen LogP contribution in [0.15, 0.2) is 81.0 Å². The van der Waals surface area contributed by atoms with Crippen molar-refractivity contribution in [2.45, 2.75) is 20.0 Å². The number of hydrogen-bond donors (Lipinski definition) is 0. The lowest BCUT2D eigenvalue weighted by molar-refractivity contribution is -0.149. The number of benzene rings is 3. The number of esters is 1. The molecule has 2 aromatic heterocycles. The van der Waals surface area contributed by atoms with E-state index in [1.165, 1.54) is 18.0 Å². The molecule has 0 aliphatic heterocycles. The zero-order valence-electron chi connectivity index (χ0n) is 22.4. The van der Waals surface area contributed by atoms with Crippen LogP contribution >= 0.6 is 0 Å². The molecule has 0 atom stereocenters. The average Bonchev–Trinajstić information content (AvgIpc) is 3.39. The molecule has 0 N–H and O–H groups in total. The monoisotopic (exact) mass is 541 g/mol. The van der Waals surface area contributed by atoms with E-state index in [-0.39, 0.29) is 24.3 Å². The first kappa shape index (κ1) is 26.5. The van der Waals surface area contributed by atoms with Gasteiger partial charge in [0.1, 0.15) is 11.3 Å². The Morgan fingerprint density at radius 2 is 1.75 bits per heavy atom. The van der Waals surface area contributed by atoms with Gasteiger partial charge in [-0.1, -0.05) is 24.3 Å². The topological polar surface area (TPSA) is 114 Å². The van der Waals surface area contributed by atoms with Crippen LogP contribution in [0, 0.1) is 0 Å². The number of aromatic nitrogens is 2. The molecule has 204 valence electrons. The Morgan fingerprint density at radius 1 is 1.00 bits per heavy atom. The summed E-state index contributed by atoms with van der Waals surface area (Å²) >= 11 is 0. The molecule has 0 saturated carbocycles. The first-order valence-electron chi connectivity index (χ1n) is 12.5. The molecular weight excluding hydrogens is 514 g/mol. The van der Waals surface area contributed by atoms with Gasteiger partial charge in [0.15, 0.2) is 23.9 Å². The fourth-order valence-electron chi connectivity index (χ4n) is 4.21. The van der Waals surface area contributed by atoms with Crippen LogP contribution in [0.2, 0.25) is 0 Å². The molecule has 0 spiro atoms. The fourth-order valence-corrected chi connectivity index (χ4v) is 4.21. The Kier molecular flexibility index (Phi) is 7.50. The van der Waals surface area contributed by atoms with Crippen LogP contribution in [-0.4, -0.2) is 48.8 Å². The zero-order valence-corrected chi connectivity index (χ0v) is 22.4. The number of methoxy groups -OCH3 is 2. The van der Waals surface area contributed by atoms with Crippen molar-refractivity contribution in [3.8, 4) is 28.8 Å². The summed E-state index contributed by atoms with van der Waals surface area (Å²) in [6, 6.07) is 19.4. The lowest BCUT2D eigenvalue weighted by Crippen LogP contribution is -2.20. The molecule has 0 fully saturated rings. The number of para-hydroxylation sites is 2. The van der Waals surface area contributed by atoms with Crippen molar-refractivity contribution in [1.29, 1.82) is 0 Å². The first-order valence-corrected chi connectivity index (χ1v) is 12.5. The Morgan fingerprint density at radius 3 is 2.52 bits per heavy atom. The normalized spacial score (nSPS) is 11.4. The number of hydrogen-bond acceptors (Lipinski definition) is 9. The number of nitrogens with zero attached hydrogens (tertiary/aromatic N) is 3. The smallest absolute Gasteiger partial charge is 0.344 e. The van der Waals surface area contributed by atoms with Gasteiger partial charge in [-0.25, -0.2) is 9.78 Å². The van der Waals surface area contributed by atoms with Gasteiger partial charge in [0, 0.05) is 5.56 Å². The summed E-state index contributed by atoms with van der Waals surface area (Å²) in [7, 11) is 3.06. The predicted molar refractivity (Wildman–Crippen MR) is 150 cm³/mol. The molecule has 0 saturated heterocycles. The highest BCUT2D eigenvalue weighted by molar-refractivity contribution is 5.89. The number of carbonyl (C=O) groups is 1. The van der Waals surface area contributed by atoms with Crippen LogP contribution in [0.5, 0.6) is 17.2 Å². The van der Waals surface area contributed by atoms with E-state index in [9.17, 15) is 9.59 Å². The standard InChI is InChI=1S/C30H27N3O7/c1-18(2)39-27(34)17-38-28-19(9-7-14-25(28)37-4)16-31-33-29(32-22-11-6-5-10-20(22)30(33)35)26-15-21-23(36-3)12-8-13-24(21)40-26/h5-16,18H,17H2,1-4H3. The van der Waals surface area contributed by atoms with Crippen molar-refractivity contribution in [2.75, 3.05) is 20.8 Å². The van der Waals surface area contributed by atoms with Gasteiger partial charge in [-0.05, 0) is 56.3 Å². The van der Waals surface area contributed by atoms with Crippen LogP contribution in [0.1, 0.15) is 19.4 Å². The molecule has 0 radical (unpaired) electrons. The summed E-state index contributed by atoms with van der Waals surface area (Å²) in [5.41, 5.74) is 1.14. The van der Waals surface area contributed by atoms with Crippen molar-refractivity contribution in [3.63, 3.8) is 0 Å². The number of ether oxygens (including phenoxy) is 4. The zero-order chi connectivity index (χ0) is 28.2. The molecule has 0 aliphatic carbocycles. The molecule has 10 nitrogen and oxygen atoms in total. The van der Waals surface area contributed by atoms with Gasteiger partial charge < -0.3 is 23.4 Å². The molecule has 5 aromatic rings. The molecule has 5 rings (SSSR count). The molecule has 10 heteroatoms. The minimum absolute atomic E-state index is 0.198. The lowest BCUT2D eigenvalue weighted by Gasteiger charge is -2.14. The van der Waals surface area contributed by atoms with Gasteiger partial charge in [0.2, 0.25) is 5.82 Å². The number of fused-ring (bicyclic) bond motifs is 2. The number of furan rings is 1. The van der Waals surface area contributed by atoms with Gasteiger partial charge in [-0.15, -0.1) is 0 Å². The summed E-state index contributed by atoms with van der Waals surface area (Å²) in [6.45, 7) is 3.18. The van der Waals surface area contributed by atoms with E-state index in [0.717, 1.165) is 5.39 Å². The van der Waals surface area contributed by atoms with Crippen LogP contribution in [0.4, 0.5) is 0 Å². The van der Waals surface area contributed by atoms with Gasteiger partial charge in [-0.3, -0.25) is 4.79 Å². The molecule has 2 heterocycles. The fraction of sp³-hybridized carbons (Fsp3) is 0.200. The van der Waals surface area contributed by atoms with Crippen molar-refractivity contribution in [1.82, 2.24) is 9.66 Å². The third kappa shape index (κ3) is 5.24. The molecule has 3 aromatic carbocycles. The van der Waals surface area contributed by atoms with E-state index in [1.54, 1.807) is 75.6 Å². The Balaban J connectivity index is 1.62. The van der Waals surface area contributed by atoms with Crippen molar-refractivity contribution in [2.24, 2.45) is 5.10 Å². The molecule has 0 unspecified atom stereocenters. The lowest BCUT2D eigenvalue weighted by atomic mass is 10.2. The van der Waals surface area contributed by atoms with Crippen molar-refractivity contribution < 1.29 is 28.2 Å². The summed E-state index contributed by atoms with van der Waals surface area (Å²) in [5.74, 6) is 1.28. The second-order valence-corrected chi connectivity index (χ2v) is 9.00. The highest BCUT2D eigenvalue weighted by Gasteiger charge is 2.19. The third-order valence-electron chi connectivity index (χ3n) is 5.96. The van der Waals surface area contributed by atoms with Gasteiger partial charge in [-0.2, -0.15) is 9.78 Å². The summed E-state index contributed by atoms with van der Waals surface area (Å²) in [5, 5.41) is 5.62. The highest BCUT2D eigenvalue weighted by atomic mass is 16.6. The largest absolute Gasteiger partial charge is 0.496 e. The third-order valence-corrected chi connectivity index (χ3v) is 5.96. The second-order valence-electron chi connectivity index (χ2n) is 9.00. The second kappa shape index (κ2) is 11.3. The minimum atomic E-state index is -0.527. The van der Waals surface area contributed by atoms with Crippen LogP contribution in [-0.2, 0) is 9.53 Å². The van der Waals surface area contributed by atoms with E-state index < -0.39 is 11.5 Å². The van der Waals surface area contributed by atoms with Crippen LogP contribution < -0.4 is 19.8 Å². The average molecular weight is 542 g/mol. The molecular formula is C30H27N3O7. The highest BCUT2D eigenvalue weighted by Crippen LogP contribution is 2.33. The summed E-state index contributed by atoms with van der Waals surface area (Å²) in [6.07, 6.45) is 1.16. The van der Waals surface area contributed by atoms with Gasteiger partial charge >= 0.3 is 5.97 Å². The van der Waals surface area contributed by atoms with Crippen LogP contribution in [0.25, 0.3) is 33.5 Å². The van der Waals surface area contributed by atoms with Crippen molar-refractivity contribution >= 4 is 34.1 Å². The van der Waals surface area contributed by atoms with E-state index in [1.807, 2.05) is 12.1 Å². The Hall–Kier alpha value is -5.12. The van der Waals surface area contributed by atoms with E-state index in [4.69, 9.17) is 28.3 Å². The Labute approximate surface area is 229 Å². The van der Waals surface area contributed by atoms with Gasteiger partial charge in [0.25, 0.3) is 5.56 Å². The molecule has 40 heavy (non-hydrogen) atoms. The molecule has 0 bridgehead atoms. The van der Waals surface area contributed by atoms with E-state index >= 15 is 0 Å². The SMILES string of the molecule is COc1cccc(C=Nn2c(-c3cc4c(OC)cccc4o3)nc3ccccc3c2=O)c1OCC(=O)OC(C)C. The quantitative estimate of drug-likeness (QED) is 0.188. The summed E-state index contributed by atoms with van der Waals surface area (Å²) in [4.78, 5) is 30.5. The maximum absolute atomic E-state index is 13.6. The summed E-state index contributed by atoms with van der Waals surface area (Å²) < 4.78 is 29.1. The first-order chi connectivity index (χ1) is 19.4. The van der Waals surface area contributed by atoms with Crippen LogP contribution in [0.3, 0.4) is 0 Å². The maximum atomic E-state index is 13.6. The van der Waals surface area contributed by atoms with Gasteiger partial charge in [0.05, 0.1) is 42.8 Å². The van der Waals surface area contributed by atoms with E-state index in [2.05, 4.69) is 5.10 Å². The molecule has 0 amide bonds. The number of carbonyl (C=O) groups excluding carboxylic acids is 1. The molecule has 0 aliphatic rings. The maximum Gasteiger partial charge on any atom is 0.344 e. The predicted octanol–water partition coefficient (Wildman–Crippen LogP) is 5.04. The minimum Gasteiger partial charge on any atom is -0.496 e. The number of rotatable bonds is 9. The Bertz CT molecular complexity index is 1790. The van der Waals surface area contributed by atoms with E-state index in [0.29, 0.717) is 39.3 Å². The van der Waals surface area contributed by atoms with Crippen molar-refractivity contribution in [3.05, 3.63) is 82.6 Å².